The first-order valence-corrected chi connectivity index (χ1v) is 12.1. The van der Waals surface area contributed by atoms with Gasteiger partial charge >= 0.3 is 63.9 Å². The maximum Gasteiger partial charge on any atom is 0.460 e. The summed E-state index contributed by atoms with van der Waals surface area (Å²) < 4.78 is 288. The number of alkyl halides is 19. The standard InChI is InChI=1S/C21H9F19O4S/c22-13(23,14(24,25)16(28,29)18(32,33)20(36,37)38)15(26,27)17(30,31)19(34,35)21(39,40)44-45(41,42)12-9-5-4-8-11(12)43-10-6-2-1-3-7-10/h1-9H. The van der Waals surface area contributed by atoms with Crippen LogP contribution in [0.3, 0.4) is 0 Å². The molecular formula is C21H9F19O4S. The van der Waals surface area contributed by atoms with Gasteiger partial charge in [-0.1, -0.05) is 30.3 Å². The largest absolute Gasteiger partial charge is 0.460 e. The average molecular weight is 718 g/mol. The minimum atomic E-state index is -9.16. The summed E-state index contributed by atoms with van der Waals surface area (Å²) in [6, 6.07) is 8.12. The highest BCUT2D eigenvalue weighted by atomic mass is 32.2. The molecule has 0 radical (unpaired) electrons. The van der Waals surface area contributed by atoms with Crippen LogP contribution in [0.4, 0.5) is 83.4 Å². The third-order valence-corrected chi connectivity index (χ3v) is 6.70. The normalized spacial score (nSPS) is 15.3. The lowest BCUT2D eigenvalue weighted by atomic mass is 9.88. The van der Waals surface area contributed by atoms with Gasteiger partial charge in [0.05, 0.1) is 0 Å². The molecule has 0 aromatic heterocycles. The van der Waals surface area contributed by atoms with Crippen LogP contribution in [-0.2, 0) is 14.3 Å². The van der Waals surface area contributed by atoms with Gasteiger partial charge in [-0.3, -0.25) is 0 Å². The van der Waals surface area contributed by atoms with Crippen molar-refractivity contribution in [3.8, 4) is 11.5 Å². The van der Waals surface area contributed by atoms with Crippen LogP contribution in [0.1, 0.15) is 0 Å². The van der Waals surface area contributed by atoms with Crippen LogP contribution in [0.5, 0.6) is 11.5 Å². The van der Waals surface area contributed by atoms with Crippen LogP contribution in [-0.4, -0.2) is 62.2 Å². The summed E-state index contributed by atoms with van der Waals surface area (Å²) in [5, 5.41) is 0. The van der Waals surface area contributed by atoms with E-state index < -0.39 is 74.5 Å². The third kappa shape index (κ3) is 5.71. The Morgan fingerprint density at radius 3 is 1.22 bits per heavy atom. The van der Waals surface area contributed by atoms with E-state index in [0.29, 0.717) is 12.1 Å². The van der Waals surface area contributed by atoms with E-state index in [9.17, 15) is 91.8 Å². The number of ether oxygens (including phenoxy) is 1. The molecule has 2 rings (SSSR count). The number of benzene rings is 2. The van der Waals surface area contributed by atoms with Crippen LogP contribution >= 0.6 is 0 Å². The van der Waals surface area contributed by atoms with Crippen molar-refractivity contribution in [2.24, 2.45) is 0 Å². The van der Waals surface area contributed by atoms with Gasteiger partial charge in [-0.15, -0.1) is 0 Å². The summed E-state index contributed by atoms with van der Waals surface area (Å²) in [4.78, 5) is -1.79. The first-order valence-electron chi connectivity index (χ1n) is 10.6. The molecule has 0 spiro atoms. The fourth-order valence-corrected chi connectivity index (χ4v) is 4.01. The van der Waals surface area contributed by atoms with Crippen LogP contribution in [0.2, 0.25) is 0 Å². The number of rotatable bonds is 12. The zero-order valence-electron chi connectivity index (χ0n) is 20.4. The molecule has 0 saturated carbocycles. The van der Waals surface area contributed by atoms with Gasteiger partial charge < -0.3 is 4.74 Å². The van der Waals surface area contributed by atoms with Crippen LogP contribution in [0, 0.1) is 0 Å². The molecule has 0 bridgehead atoms. The highest BCUT2D eigenvalue weighted by Crippen LogP contribution is 2.65. The van der Waals surface area contributed by atoms with Crippen molar-refractivity contribution in [3.05, 3.63) is 54.6 Å². The van der Waals surface area contributed by atoms with E-state index in [1.807, 2.05) is 0 Å². The molecule has 2 aromatic rings. The Labute approximate surface area is 236 Å². The highest BCUT2D eigenvalue weighted by Gasteiger charge is 2.97. The predicted molar refractivity (Wildman–Crippen MR) is 107 cm³/mol. The van der Waals surface area contributed by atoms with Gasteiger partial charge in [-0.25, -0.2) is 0 Å². The summed E-state index contributed by atoms with van der Waals surface area (Å²) in [5.41, 5.74) is 0. The van der Waals surface area contributed by atoms with Gasteiger partial charge in [0.25, 0.3) is 0 Å². The van der Waals surface area contributed by atoms with Crippen molar-refractivity contribution in [2.75, 3.05) is 0 Å². The molecule has 0 fully saturated rings. The summed E-state index contributed by atoms with van der Waals surface area (Å²) >= 11 is 0. The van der Waals surface area contributed by atoms with Crippen LogP contribution in [0.15, 0.2) is 59.5 Å². The second-order valence-electron chi connectivity index (χ2n) is 8.43. The minimum absolute atomic E-state index is 0.173. The van der Waals surface area contributed by atoms with Crippen molar-refractivity contribution >= 4 is 10.1 Å². The Balaban J connectivity index is 2.61. The molecule has 0 N–H and O–H groups in total. The molecular weight excluding hydrogens is 709 g/mol. The van der Waals surface area contributed by atoms with Crippen LogP contribution in [0.25, 0.3) is 0 Å². The van der Waals surface area contributed by atoms with Gasteiger partial charge in [0, 0.05) is 0 Å². The topological polar surface area (TPSA) is 52.6 Å². The number of hydrogen-bond donors (Lipinski definition) is 0. The van der Waals surface area contributed by atoms with E-state index in [4.69, 9.17) is 4.74 Å². The van der Waals surface area contributed by atoms with Crippen molar-refractivity contribution in [1.82, 2.24) is 0 Å². The Bertz CT molecular complexity index is 1470. The maximum absolute atomic E-state index is 14.2. The Morgan fingerprint density at radius 2 is 0.800 bits per heavy atom. The van der Waals surface area contributed by atoms with E-state index in [-0.39, 0.29) is 11.8 Å². The molecule has 0 heterocycles. The predicted octanol–water partition coefficient (Wildman–Crippen LogP) is 8.79. The molecule has 0 aliphatic heterocycles. The molecule has 256 valence electrons. The molecule has 24 heteroatoms. The van der Waals surface area contributed by atoms with Crippen molar-refractivity contribution in [3.63, 3.8) is 0 Å². The van der Waals surface area contributed by atoms with Crippen molar-refractivity contribution in [2.45, 2.75) is 58.6 Å². The smallest absolute Gasteiger partial charge is 0.456 e. The van der Waals surface area contributed by atoms with Gasteiger partial charge in [-0.2, -0.15) is 96.0 Å². The maximum atomic E-state index is 14.2. The summed E-state index contributed by atoms with van der Waals surface area (Å²) in [6.07, 6.45) is -15.7. The molecule has 45 heavy (non-hydrogen) atoms. The lowest BCUT2D eigenvalue weighted by Crippen LogP contribution is -2.76. The van der Waals surface area contributed by atoms with Gasteiger partial charge in [0.15, 0.2) is 0 Å². The lowest BCUT2D eigenvalue weighted by Gasteiger charge is -2.43. The highest BCUT2D eigenvalue weighted by molar-refractivity contribution is 7.87. The summed E-state index contributed by atoms with van der Waals surface area (Å²) in [5.74, 6) is -63.5. The molecule has 0 atom stereocenters. The SMILES string of the molecule is O=S(=O)(OC(F)(F)C(F)(F)C(F)(F)C(F)(F)C(F)(F)C(F)(F)C(F)(F)C(F)(F)C(F)(F)F)c1ccccc1Oc1ccccc1. The second-order valence-corrected chi connectivity index (χ2v) is 9.95. The molecule has 0 saturated heterocycles. The zero-order valence-corrected chi connectivity index (χ0v) is 21.2. The van der Waals surface area contributed by atoms with E-state index in [2.05, 4.69) is 4.18 Å². The first-order chi connectivity index (χ1) is 19.8. The van der Waals surface area contributed by atoms with Gasteiger partial charge in [0.2, 0.25) is 0 Å². The Morgan fingerprint density at radius 1 is 0.444 bits per heavy atom. The Hall–Kier alpha value is -3.18. The minimum Gasteiger partial charge on any atom is -0.456 e. The van der Waals surface area contributed by atoms with Gasteiger partial charge in [-0.05, 0) is 24.3 Å². The monoisotopic (exact) mass is 718 g/mol. The second kappa shape index (κ2) is 11.0. The van der Waals surface area contributed by atoms with Crippen LogP contribution < -0.4 is 4.74 Å². The molecule has 0 amide bonds. The zero-order chi connectivity index (χ0) is 35.5. The van der Waals surface area contributed by atoms with E-state index >= 15 is 0 Å². The molecule has 4 nitrogen and oxygen atoms in total. The molecule has 0 aliphatic carbocycles. The third-order valence-electron chi connectivity index (χ3n) is 5.39. The van der Waals surface area contributed by atoms with Crippen molar-refractivity contribution < 1.29 is 101 Å². The summed E-state index contributed by atoms with van der Waals surface area (Å²) in [6.45, 7) is 0. The molecule has 0 aliphatic rings. The van der Waals surface area contributed by atoms with Gasteiger partial charge in [0.1, 0.15) is 16.4 Å². The summed E-state index contributed by atoms with van der Waals surface area (Å²) in [7, 11) is -6.69. The number of halogens is 19. The molecule has 2 aromatic carbocycles. The van der Waals surface area contributed by atoms with E-state index in [0.717, 1.165) is 18.2 Å². The van der Waals surface area contributed by atoms with Crippen molar-refractivity contribution in [1.29, 1.82) is 0 Å². The lowest BCUT2D eigenvalue weighted by molar-refractivity contribution is -0.476. The first kappa shape index (κ1) is 38.0. The molecule has 0 unspecified atom stereocenters. The number of para-hydroxylation sites is 2. The fourth-order valence-electron chi connectivity index (χ4n) is 2.94. The Kier molecular flexibility index (Phi) is 9.26. The quantitative estimate of drug-likeness (QED) is 0.163. The fraction of sp³-hybridized carbons (Fsp3) is 0.429. The average Bonchev–Trinajstić information content (AvgIpc) is 2.87. The van der Waals surface area contributed by atoms with E-state index in [1.54, 1.807) is 0 Å². The van der Waals surface area contributed by atoms with E-state index in [1.165, 1.54) is 18.2 Å². The number of hydrogen-bond acceptors (Lipinski definition) is 4.